The number of nitrogens with one attached hydrogen (secondary N) is 2. The van der Waals surface area contributed by atoms with Gasteiger partial charge in [-0.05, 0) is 30.3 Å². The molecule has 6 nitrogen and oxygen atoms in total. The summed E-state index contributed by atoms with van der Waals surface area (Å²) in [6.45, 7) is 3.18. The van der Waals surface area contributed by atoms with Gasteiger partial charge in [-0.2, -0.15) is 0 Å². The first kappa shape index (κ1) is 16.2. The number of hydrogen-bond acceptors (Lipinski definition) is 6. The zero-order valence-corrected chi connectivity index (χ0v) is 15.0. The molecule has 0 aliphatic carbocycles. The van der Waals surface area contributed by atoms with Crippen molar-refractivity contribution in [3.05, 3.63) is 46.7 Å². The molecule has 0 bridgehead atoms. The molecule has 1 fully saturated rings. The summed E-state index contributed by atoms with van der Waals surface area (Å²) in [7, 11) is 0. The van der Waals surface area contributed by atoms with Crippen LogP contribution in [0, 0.1) is 4.64 Å². The average molecular weight is 372 g/mol. The van der Waals surface area contributed by atoms with Gasteiger partial charge in [0.1, 0.15) is 4.64 Å². The minimum absolute atomic E-state index is 0.223. The summed E-state index contributed by atoms with van der Waals surface area (Å²) in [6.07, 6.45) is 1.70. The summed E-state index contributed by atoms with van der Waals surface area (Å²) >= 11 is 6.78. The Bertz CT molecular complexity index is 976. The molecule has 0 atom stereocenters. The van der Waals surface area contributed by atoms with E-state index >= 15 is 0 Å². The maximum absolute atomic E-state index is 12.4. The summed E-state index contributed by atoms with van der Waals surface area (Å²) in [4.78, 5) is 22.2. The number of aromatic amines is 1. The molecule has 2 aromatic heterocycles. The number of rotatable bonds is 3. The van der Waals surface area contributed by atoms with Gasteiger partial charge in [0.05, 0.1) is 29.0 Å². The number of anilines is 2. The maximum Gasteiger partial charge on any atom is 0.258 e. The van der Waals surface area contributed by atoms with Gasteiger partial charge in [-0.1, -0.05) is 23.6 Å². The zero-order chi connectivity index (χ0) is 17.2. The first-order valence-corrected chi connectivity index (χ1v) is 9.15. The maximum atomic E-state index is 12.4. The molecule has 0 radical (unpaired) electrons. The third-order valence-corrected chi connectivity index (χ3v) is 5.40. The Morgan fingerprint density at radius 2 is 2.16 bits per heavy atom. The number of ether oxygens (including phenoxy) is 1. The van der Waals surface area contributed by atoms with Crippen LogP contribution in [0.2, 0.25) is 0 Å². The molecule has 1 aliphatic rings. The Kier molecular flexibility index (Phi) is 4.48. The van der Waals surface area contributed by atoms with Crippen molar-refractivity contribution in [2.45, 2.75) is 0 Å². The highest BCUT2D eigenvalue weighted by Crippen LogP contribution is 2.31. The highest BCUT2D eigenvalue weighted by molar-refractivity contribution is 7.71. The normalized spacial score (nSPS) is 14.6. The Morgan fingerprint density at radius 3 is 2.96 bits per heavy atom. The van der Waals surface area contributed by atoms with Crippen molar-refractivity contribution < 1.29 is 9.53 Å². The largest absolute Gasteiger partial charge is 0.378 e. The molecule has 25 heavy (non-hydrogen) atoms. The molecule has 0 saturated carbocycles. The fourth-order valence-corrected chi connectivity index (χ4v) is 3.96. The van der Waals surface area contributed by atoms with Crippen LogP contribution in [-0.4, -0.2) is 42.2 Å². The number of benzene rings is 1. The predicted molar refractivity (Wildman–Crippen MR) is 102 cm³/mol. The molecule has 8 heteroatoms. The Balaban J connectivity index is 1.57. The number of hydrogen-bond donors (Lipinski definition) is 2. The van der Waals surface area contributed by atoms with Crippen LogP contribution >= 0.6 is 23.6 Å². The molecule has 1 amide bonds. The van der Waals surface area contributed by atoms with Crippen LogP contribution in [0.4, 0.5) is 10.8 Å². The number of pyridine rings is 1. The van der Waals surface area contributed by atoms with Gasteiger partial charge in [0.25, 0.3) is 5.91 Å². The topological polar surface area (TPSA) is 70.2 Å². The number of carbonyl (C=O) groups excluding carboxylic acids is 1. The molecule has 1 aromatic carbocycles. The third kappa shape index (κ3) is 3.41. The van der Waals surface area contributed by atoms with Crippen LogP contribution in [0.3, 0.4) is 0 Å². The number of H-pyrrole nitrogens is 1. The summed E-state index contributed by atoms with van der Waals surface area (Å²) in [5.41, 5.74) is 2.12. The lowest BCUT2D eigenvalue weighted by Crippen LogP contribution is -2.36. The number of aromatic nitrogens is 2. The lowest BCUT2D eigenvalue weighted by atomic mass is 10.2. The minimum atomic E-state index is -0.223. The molecule has 2 N–H and O–H groups in total. The van der Waals surface area contributed by atoms with Gasteiger partial charge in [0, 0.05) is 25.0 Å². The minimum Gasteiger partial charge on any atom is -0.378 e. The molecule has 1 saturated heterocycles. The van der Waals surface area contributed by atoms with Crippen molar-refractivity contribution >= 4 is 50.5 Å². The second-order valence-corrected chi connectivity index (χ2v) is 7.06. The van der Waals surface area contributed by atoms with Gasteiger partial charge in [-0.3, -0.25) is 4.79 Å². The van der Waals surface area contributed by atoms with Crippen molar-refractivity contribution in [1.82, 2.24) is 9.97 Å². The zero-order valence-electron chi connectivity index (χ0n) is 13.3. The first-order chi connectivity index (χ1) is 12.2. The lowest BCUT2D eigenvalue weighted by Gasteiger charge is -2.25. The SMILES string of the molecule is O=C(Nc1ccc2nc(N3CCOCC3)sc2c1)c1ccc[nH]c1=S. The molecule has 4 rings (SSSR count). The van der Waals surface area contributed by atoms with Crippen LogP contribution in [0.25, 0.3) is 10.2 Å². The van der Waals surface area contributed by atoms with Gasteiger partial charge >= 0.3 is 0 Å². The van der Waals surface area contributed by atoms with Crippen molar-refractivity contribution in [3.63, 3.8) is 0 Å². The van der Waals surface area contributed by atoms with Crippen LogP contribution in [0.5, 0.6) is 0 Å². The van der Waals surface area contributed by atoms with E-state index in [1.54, 1.807) is 29.7 Å². The lowest BCUT2D eigenvalue weighted by molar-refractivity contribution is 0.102. The standard InChI is InChI=1S/C17H16N4O2S2/c22-15(12-2-1-5-18-16(12)24)19-11-3-4-13-14(10-11)25-17(20-13)21-6-8-23-9-7-21/h1-5,10H,6-9H2,(H,18,24)(H,19,22). The summed E-state index contributed by atoms with van der Waals surface area (Å²) in [6, 6.07) is 9.20. The van der Waals surface area contributed by atoms with Crippen LogP contribution < -0.4 is 10.2 Å². The fraction of sp³-hybridized carbons (Fsp3) is 0.235. The average Bonchev–Trinajstić information content (AvgIpc) is 3.06. The smallest absolute Gasteiger partial charge is 0.258 e. The number of morpholine rings is 1. The molecule has 3 aromatic rings. The van der Waals surface area contributed by atoms with Crippen LogP contribution in [-0.2, 0) is 4.74 Å². The predicted octanol–water partition coefficient (Wildman–Crippen LogP) is 3.44. The van der Waals surface area contributed by atoms with E-state index in [2.05, 4.69) is 20.2 Å². The summed E-state index contributed by atoms with van der Waals surface area (Å²) in [5.74, 6) is -0.223. The number of amides is 1. The van der Waals surface area contributed by atoms with Crippen LogP contribution in [0.1, 0.15) is 10.4 Å². The van der Waals surface area contributed by atoms with Crippen molar-refractivity contribution in [3.8, 4) is 0 Å². The van der Waals surface area contributed by atoms with Gasteiger partial charge in [-0.25, -0.2) is 4.98 Å². The molecular weight excluding hydrogens is 356 g/mol. The molecule has 0 unspecified atom stereocenters. The van der Waals surface area contributed by atoms with Gasteiger partial charge in [-0.15, -0.1) is 0 Å². The van der Waals surface area contributed by atoms with E-state index in [1.807, 2.05) is 18.2 Å². The first-order valence-electron chi connectivity index (χ1n) is 7.93. The number of carbonyl (C=O) groups is 1. The summed E-state index contributed by atoms with van der Waals surface area (Å²) in [5, 5.41) is 3.89. The molecular formula is C17H16N4O2S2. The van der Waals surface area contributed by atoms with E-state index in [4.69, 9.17) is 17.0 Å². The van der Waals surface area contributed by atoms with Gasteiger partial charge in [0.2, 0.25) is 0 Å². The second-order valence-electron chi connectivity index (χ2n) is 5.65. The van der Waals surface area contributed by atoms with Crippen molar-refractivity contribution in [1.29, 1.82) is 0 Å². The molecule has 1 aliphatic heterocycles. The van der Waals surface area contributed by atoms with Gasteiger partial charge < -0.3 is 19.9 Å². The van der Waals surface area contributed by atoms with E-state index in [-0.39, 0.29) is 5.91 Å². The van der Waals surface area contributed by atoms with Gasteiger partial charge in [0.15, 0.2) is 5.13 Å². The number of nitrogens with zero attached hydrogens (tertiary/aromatic N) is 2. The Morgan fingerprint density at radius 1 is 1.32 bits per heavy atom. The number of thiazole rings is 1. The van der Waals surface area contributed by atoms with Crippen molar-refractivity contribution in [2.24, 2.45) is 0 Å². The number of fused-ring (bicyclic) bond motifs is 1. The highest BCUT2D eigenvalue weighted by atomic mass is 32.1. The quantitative estimate of drug-likeness (QED) is 0.689. The van der Waals surface area contributed by atoms with E-state index in [0.717, 1.165) is 47.3 Å². The molecule has 128 valence electrons. The fourth-order valence-electron chi connectivity index (χ4n) is 2.68. The van der Waals surface area contributed by atoms with E-state index in [1.165, 1.54) is 0 Å². The van der Waals surface area contributed by atoms with E-state index in [9.17, 15) is 4.79 Å². The van der Waals surface area contributed by atoms with E-state index in [0.29, 0.717) is 10.2 Å². The van der Waals surface area contributed by atoms with Crippen molar-refractivity contribution in [2.75, 3.05) is 36.5 Å². The molecule has 0 spiro atoms. The Hall–Kier alpha value is -2.29. The molecule has 3 heterocycles. The highest BCUT2D eigenvalue weighted by Gasteiger charge is 2.16. The summed E-state index contributed by atoms with van der Waals surface area (Å²) < 4.78 is 6.85. The van der Waals surface area contributed by atoms with E-state index < -0.39 is 0 Å². The second kappa shape index (κ2) is 6.91. The van der Waals surface area contributed by atoms with Crippen LogP contribution in [0.15, 0.2) is 36.5 Å². The monoisotopic (exact) mass is 372 g/mol. The third-order valence-electron chi connectivity index (χ3n) is 3.98. The Labute approximate surface area is 153 Å².